The minimum absolute atomic E-state index is 0.00967. The Labute approximate surface area is 155 Å². The molecule has 1 unspecified atom stereocenters. The van der Waals surface area contributed by atoms with Crippen molar-refractivity contribution in [2.75, 3.05) is 19.6 Å². The maximum absolute atomic E-state index is 13.1. The van der Waals surface area contributed by atoms with Gasteiger partial charge >= 0.3 is 6.18 Å². The van der Waals surface area contributed by atoms with Gasteiger partial charge in [0, 0.05) is 38.2 Å². The number of piperidine rings is 2. The molecule has 3 aliphatic rings. The van der Waals surface area contributed by atoms with Crippen molar-refractivity contribution < 1.29 is 22.8 Å². The molecule has 1 atom stereocenters. The van der Waals surface area contributed by atoms with E-state index >= 15 is 0 Å². The van der Waals surface area contributed by atoms with Gasteiger partial charge in [0.15, 0.2) is 5.69 Å². The van der Waals surface area contributed by atoms with E-state index in [0.29, 0.717) is 26.1 Å². The second-order valence-corrected chi connectivity index (χ2v) is 7.68. The quantitative estimate of drug-likeness (QED) is 0.805. The first-order chi connectivity index (χ1) is 12.8. The standard InChI is InChI=1S/C18H23F3N4O2/c19-18(20,21)15-10-14(25(22-15)12-6-7-12)17(27)23-8-3-4-13(11-23)24-9-2-1-5-16(24)26/h10,12-13H,1-9,11H2. The molecule has 1 aromatic rings. The van der Waals surface area contributed by atoms with Gasteiger partial charge in [-0.05, 0) is 38.5 Å². The Morgan fingerprint density at radius 1 is 1.07 bits per heavy atom. The molecule has 148 valence electrons. The number of amides is 2. The van der Waals surface area contributed by atoms with Gasteiger partial charge in [-0.1, -0.05) is 0 Å². The third-order valence-corrected chi connectivity index (χ3v) is 5.62. The molecule has 0 spiro atoms. The van der Waals surface area contributed by atoms with E-state index in [1.54, 1.807) is 4.90 Å². The highest BCUT2D eigenvalue weighted by atomic mass is 19.4. The Hall–Kier alpha value is -2.06. The number of nitrogens with zero attached hydrogens (tertiary/aromatic N) is 4. The SMILES string of the molecule is O=C(c1cc(C(F)(F)F)nn1C1CC1)N1CCCC(N2CCCCC2=O)C1. The van der Waals surface area contributed by atoms with Crippen LogP contribution in [-0.2, 0) is 11.0 Å². The molecule has 0 N–H and O–H groups in total. The Morgan fingerprint density at radius 2 is 1.85 bits per heavy atom. The maximum atomic E-state index is 13.1. The lowest BCUT2D eigenvalue weighted by Crippen LogP contribution is -2.53. The van der Waals surface area contributed by atoms with Gasteiger partial charge in [0.25, 0.3) is 5.91 Å². The molecule has 27 heavy (non-hydrogen) atoms. The number of hydrogen-bond donors (Lipinski definition) is 0. The van der Waals surface area contributed by atoms with E-state index in [0.717, 1.165) is 44.6 Å². The molecule has 1 aliphatic carbocycles. The van der Waals surface area contributed by atoms with E-state index < -0.39 is 17.8 Å². The van der Waals surface area contributed by atoms with E-state index in [1.165, 1.54) is 4.68 Å². The molecule has 3 heterocycles. The first-order valence-electron chi connectivity index (χ1n) is 9.60. The smallest absolute Gasteiger partial charge is 0.338 e. The molecule has 0 bridgehead atoms. The highest BCUT2D eigenvalue weighted by Crippen LogP contribution is 2.38. The second-order valence-electron chi connectivity index (χ2n) is 7.68. The fourth-order valence-corrected chi connectivity index (χ4v) is 4.06. The molecular weight excluding hydrogens is 361 g/mol. The molecule has 6 nitrogen and oxygen atoms in total. The number of rotatable bonds is 3. The molecule has 3 fully saturated rings. The van der Waals surface area contributed by atoms with Crippen LogP contribution in [0.15, 0.2) is 6.07 Å². The first-order valence-corrected chi connectivity index (χ1v) is 9.60. The van der Waals surface area contributed by atoms with Crippen molar-refractivity contribution in [2.24, 2.45) is 0 Å². The third kappa shape index (κ3) is 3.68. The lowest BCUT2D eigenvalue weighted by Gasteiger charge is -2.41. The molecule has 0 radical (unpaired) electrons. The summed E-state index contributed by atoms with van der Waals surface area (Å²) in [7, 11) is 0. The molecule has 2 saturated heterocycles. The van der Waals surface area contributed by atoms with Crippen LogP contribution in [0.4, 0.5) is 13.2 Å². The van der Waals surface area contributed by atoms with Crippen molar-refractivity contribution in [1.82, 2.24) is 19.6 Å². The summed E-state index contributed by atoms with van der Waals surface area (Å²) < 4.78 is 40.5. The van der Waals surface area contributed by atoms with E-state index in [4.69, 9.17) is 0 Å². The molecule has 0 aromatic carbocycles. The molecule has 1 saturated carbocycles. The average Bonchev–Trinajstić information content (AvgIpc) is 3.38. The van der Waals surface area contributed by atoms with E-state index in [9.17, 15) is 22.8 Å². The first kappa shape index (κ1) is 18.3. The Bertz CT molecular complexity index is 741. The third-order valence-electron chi connectivity index (χ3n) is 5.62. The van der Waals surface area contributed by atoms with Gasteiger partial charge < -0.3 is 9.80 Å². The minimum Gasteiger partial charge on any atom is -0.338 e. The summed E-state index contributed by atoms with van der Waals surface area (Å²) in [5.41, 5.74) is -1.01. The van der Waals surface area contributed by atoms with Gasteiger partial charge in [0.1, 0.15) is 5.69 Å². The monoisotopic (exact) mass is 384 g/mol. The van der Waals surface area contributed by atoms with Crippen LogP contribution in [0, 0.1) is 0 Å². The zero-order chi connectivity index (χ0) is 19.2. The number of likely N-dealkylation sites (tertiary alicyclic amines) is 2. The van der Waals surface area contributed by atoms with E-state index in [2.05, 4.69) is 5.10 Å². The summed E-state index contributed by atoms with van der Waals surface area (Å²) in [6.07, 6.45) is 0.863. The fraction of sp³-hybridized carbons (Fsp3) is 0.722. The van der Waals surface area contributed by atoms with Crippen LogP contribution >= 0.6 is 0 Å². The van der Waals surface area contributed by atoms with Gasteiger partial charge in [-0.25, -0.2) is 0 Å². The van der Waals surface area contributed by atoms with E-state index in [-0.39, 0.29) is 23.7 Å². The van der Waals surface area contributed by atoms with Gasteiger partial charge in [0.05, 0.1) is 6.04 Å². The van der Waals surface area contributed by atoms with Gasteiger partial charge in [-0.15, -0.1) is 0 Å². The topological polar surface area (TPSA) is 58.4 Å². The number of carbonyl (C=O) groups is 2. The number of aromatic nitrogens is 2. The molecule has 2 amide bonds. The van der Waals surface area contributed by atoms with Crippen LogP contribution in [0.3, 0.4) is 0 Å². The molecule has 2 aliphatic heterocycles. The molecular formula is C18H23F3N4O2. The second kappa shape index (κ2) is 6.83. The highest BCUT2D eigenvalue weighted by Gasteiger charge is 2.40. The maximum Gasteiger partial charge on any atom is 0.435 e. The van der Waals surface area contributed by atoms with Crippen LogP contribution in [0.25, 0.3) is 0 Å². The predicted octanol–water partition coefficient (Wildman–Crippen LogP) is 2.85. The largest absolute Gasteiger partial charge is 0.435 e. The van der Waals surface area contributed by atoms with Crippen molar-refractivity contribution >= 4 is 11.8 Å². The molecule has 1 aromatic heterocycles. The number of alkyl halides is 3. The molecule has 9 heteroatoms. The minimum atomic E-state index is -4.57. The highest BCUT2D eigenvalue weighted by molar-refractivity contribution is 5.93. The Morgan fingerprint density at radius 3 is 2.52 bits per heavy atom. The van der Waals surface area contributed by atoms with Gasteiger partial charge in [0.2, 0.25) is 5.91 Å². The zero-order valence-electron chi connectivity index (χ0n) is 15.0. The van der Waals surface area contributed by atoms with Crippen LogP contribution in [-0.4, -0.2) is 57.1 Å². The summed E-state index contributed by atoms with van der Waals surface area (Å²) in [5.74, 6) is -0.304. The normalized spacial score (nSPS) is 24.4. The summed E-state index contributed by atoms with van der Waals surface area (Å²) in [4.78, 5) is 28.6. The number of hydrogen-bond acceptors (Lipinski definition) is 3. The van der Waals surface area contributed by atoms with Crippen LogP contribution in [0.2, 0.25) is 0 Å². The summed E-state index contributed by atoms with van der Waals surface area (Å²) in [5, 5.41) is 3.66. The lowest BCUT2D eigenvalue weighted by molar-refractivity contribution is -0.141. The Balaban J connectivity index is 1.54. The average molecular weight is 384 g/mol. The fourth-order valence-electron chi connectivity index (χ4n) is 4.06. The lowest BCUT2D eigenvalue weighted by atomic mass is 10.00. The van der Waals surface area contributed by atoms with Gasteiger partial charge in [-0.2, -0.15) is 18.3 Å². The van der Waals surface area contributed by atoms with Crippen molar-refractivity contribution in [2.45, 2.75) is 63.2 Å². The summed E-state index contributed by atoms with van der Waals surface area (Å²) in [6, 6.07) is 0.704. The Kier molecular flexibility index (Phi) is 4.63. The van der Waals surface area contributed by atoms with Crippen molar-refractivity contribution in [1.29, 1.82) is 0 Å². The van der Waals surface area contributed by atoms with Crippen LogP contribution in [0.5, 0.6) is 0 Å². The van der Waals surface area contributed by atoms with Crippen molar-refractivity contribution in [3.8, 4) is 0 Å². The molecule has 4 rings (SSSR count). The van der Waals surface area contributed by atoms with Gasteiger partial charge in [-0.3, -0.25) is 14.3 Å². The summed E-state index contributed by atoms with van der Waals surface area (Å²) >= 11 is 0. The number of carbonyl (C=O) groups excluding carboxylic acids is 2. The van der Waals surface area contributed by atoms with Crippen molar-refractivity contribution in [3.63, 3.8) is 0 Å². The van der Waals surface area contributed by atoms with Crippen molar-refractivity contribution in [3.05, 3.63) is 17.5 Å². The van der Waals surface area contributed by atoms with E-state index in [1.807, 2.05) is 4.90 Å². The number of halogens is 3. The van der Waals surface area contributed by atoms with Crippen LogP contribution < -0.4 is 0 Å². The zero-order valence-corrected chi connectivity index (χ0v) is 15.0. The van der Waals surface area contributed by atoms with Crippen LogP contribution in [0.1, 0.15) is 67.2 Å². The predicted molar refractivity (Wildman–Crippen MR) is 90.0 cm³/mol. The summed E-state index contributed by atoms with van der Waals surface area (Å²) in [6.45, 7) is 1.57.